The first-order valence-corrected chi connectivity index (χ1v) is 9.83. The zero-order valence-electron chi connectivity index (χ0n) is 13.2. The molecule has 0 aromatic heterocycles. The molecule has 1 fully saturated rings. The minimum Gasteiger partial charge on any atom is -0.465 e. The summed E-state index contributed by atoms with van der Waals surface area (Å²) in [5, 5.41) is 9.98. The minimum absolute atomic E-state index is 0.227. The SMILES string of the molecule is CS(=O)(=O)N1CCc2cc(Cl)cc([C@@H]3COCCN3C(=O)O)c2C1. The van der Waals surface area contributed by atoms with Gasteiger partial charge in [0, 0.05) is 24.7 Å². The highest BCUT2D eigenvalue weighted by Gasteiger charge is 2.33. The molecule has 1 N–H and O–H groups in total. The van der Waals surface area contributed by atoms with Crippen molar-refractivity contribution in [1.29, 1.82) is 0 Å². The molecule has 2 aliphatic rings. The van der Waals surface area contributed by atoms with Crippen molar-refractivity contribution in [1.82, 2.24) is 9.21 Å². The predicted molar refractivity (Wildman–Crippen MR) is 88.7 cm³/mol. The number of hydrogen-bond donors (Lipinski definition) is 1. The number of carbonyl (C=O) groups is 1. The summed E-state index contributed by atoms with van der Waals surface area (Å²) >= 11 is 6.22. The molecule has 24 heavy (non-hydrogen) atoms. The van der Waals surface area contributed by atoms with E-state index in [0.29, 0.717) is 24.6 Å². The second-order valence-electron chi connectivity index (χ2n) is 6.05. The first-order valence-electron chi connectivity index (χ1n) is 7.61. The lowest BCUT2D eigenvalue weighted by Crippen LogP contribution is -2.44. The number of morpholine rings is 1. The topological polar surface area (TPSA) is 87.2 Å². The molecular weight excluding hydrogens is 356 g/mol. The number of sulfonamides is 1. The molecule has 0 bridgehead atoms. The van der Waals surface area contributed by atoms with Crippen LogP contribution in [0, 0.1) is 0 Å². The van der Waals surface area contributed by atoms with Crippen LogP contribution >= 0.6 is 11.6 Å². The van der Waals surface area contributed by atoms with Crippen LogP contribution in [0.2, 0.25) is 5.02 Å². The molecule has 1 aromatic rings. The fraction of sp³-hybridized carbons (Fsp3) is 0.533. The van der Waals surface area contributed by atoms with Crippen LogP contribution < -0.4 is 0 Å². The van der Waals surface area contributed by atoms with Crippen molar-refractivity contribution in [2.24, 2.45) is 0 Å². The predicted octanol–water partition coefficient (Wildman–Crippen LogP) is 1.71. The quantitative estimate of drug-likeness (QED) is 0.851. The Labute approximate surface area is 145 Å². The molecular formula is C15H19ClN2O5S. The molecule has 132 valence electrons. The summed E-state index contributed by atoms with van der Waals surface area (Å²) in [6, 6.07) is 3.07. The zero-order valence-corrected chi connectivity index (χ0v) is 14.8. The Morgan fingerprint density at radius 3 is 2.79 bits per heavy atom. The molecule has 2 aliphatic heterocycles. The lowest BCUT2D eigenvalue weighted by atomic mass is 9.91. The molecule has 1 saturated heterocycles. The van der Waals surface area contributed by atoms with E-state index in [-0.39, 0.29) is 19.7 Å². The first-order chi connectivity index (χ1) is 11.3. The van der Waals surface area contributed by atoms with Gasteiger partial charge in [-0.1, -0.05) is 11.6 Å². The van der Waals surface area contributed by atoms with Gasteiger partial charge in [-0.05, 0) is 35.2 Å². The maximum Gasteiger partial charge on any atom is 0.407 e. The third-order valence-corrected chi connectivity index (χ3v) is 5.98. The highest BCUT2D eigenvalue weighted by molar-refractivity contribution is 7.88. The van der Waals surface area contributed by atoms with E-state index in [1.165, 1.54) is 15.5 Å². The van der Waals surface area contributed by atoms with Gasteiger partial charge in [-0.15, -0.1) is 0 Å². The number of halogens is 1. The zero-order chi connectivity index (χ0) is 17.5. The molecule has 7 nitrogen and oxygen atoms in total. The molecule has 0 saturated carbocycles. The number of nitrogens with zero attached hydrogens (tertiary/aromatic N) is 2. The van der Waals surface area contributed by atoms with Crippen molar-refractivity contribution in [3.05, 3.63) is 33.8 Å². The maximum atomic E-state index is 11.9. The Hall–Kier alpha value is -1.35. The van der Waals surface area contributed by atoms with E-state index < -0.39 is 22.2 Å². The Bertz CT molecular complexity index is 767. The van der Waals surface area contributed by atoms with Gasteiger partial charge in [-0.25, -0.2) is 13.2 Å². The Balaban J connectivity index is 2.05. The van der Waals surface area contributed by atoms with Crippen molar-refractivity contribution < 1.29 is 23.1 Å². The van der Waals surface area contributed by atoms with Crippen molar-refractivity contribution >= 4 is 27.7 Å². The van der Waals surface area contributed by atoms with Crippen LogP contribution in [0.4, 0.5) is 4.79 Å². The fourth-order valence-corrected chi connectivity index (χ4v) is 4.34. The van der Waals surface area contributed by atoms with E-state index in [2.05, 4.69) is 0 Å². The van der Waals surface area contributed by atoms with Gasteiger partial charge in [0.05, 0.1) is 25.5 Å². The van der Waals surface area contributed by atoms with Gasteiger partial charge in [-0.2, -0.15) is 4.31 Å². The molecule has 3 rings (SSSR count). The van der Waals surface area contributed by atoms with E-state index in [0.717, 1.165) is 16.7 Å². The summed E-state index contributed by atoms with van der Waals surface area (Å²) in [6.45, 7) is 1.48. The lowest BCUT2D eigenvalue weighted by molar-refractivity contribution is -0.00135. The first kappa shape index (κ1) is 17.5. The van der Waals surface area contributed by atoms with Crippen LogP contribution in [-0.2, 0) is 27.7 Å². The summed E-state index contributed by atoms with van der Waals surface area (Å²) < 4.78 is 30.7. The highest BCUT2D eigenvalue weighted by Crippen LogP contribution is 2.35. The Morgan fingerprint density at radius 2 is 2.12 bits per heavy atom. The second-order valence-corrected chi connectivity index (χ2v) is 8.46. The van der Waals surface area contributed by atoms with Crippen LogP contribution in [-0.4, -0.2) is 61.4 Å². The molecule has 2 heterocycles. The smallest absolute Gasteiger partial charge is 0.407 e. The van der Waals surface area contributed by atoms with Crippen LogP contribution in [0.1, 0.15) is 22.7 Å². The van der Waals surface area contributed by atoms with Gasteiger partial charge >= 0.3 is 6.09 Å². The Morgan fingerprint density at radius 1 is 1.38 bits per heavy atom. The van der Waals surface area contributed by atoms with Crippen LogP contribution in [0.3, 0.4) is 0 Å². The Kier molecular flexibility index (Phi) is 4.74. The van der Waals surface area contributed by atoms with E-state index in [1.807, 2.05) is 6.07 Å². The molecule has 0 radical (unpaired) electrons. The fourth-order valence-electron chi connectivity index (χ4n) is 3.30. The molecule has 0 aliphatic carbocycles. The molecule has 0 spiro atoms. The van der Waals surface area contributed by atoms with Crippen molar-refractivity contribution in [3.63, 3.8) is 0 Å². The van der Waals surface area contributed by atoms with Crippen LogP contribution in [0.15, 0.2) is 12.1 Å². The monoisotopic (exact) mass is 374 g/mol. The van der Waals surface area contributed by atoms with Crippen molar-refractivity contribution in [2.75, 3.05) is 32.6 Å². The summed E-state index contributed by atoms with van der Waals surface area (Å²) in [5.74, 6) is 0. The molecule has 0 unspecified atom stereocenters. The van der Waals surface area contributed by atoms with E-state index in [9.17, 15) is 18.3 Å². The number of rotatable bonds is 2. The molecule has 1 aromatic carbocycles. The molecule has 1 atom stereocenters. The van der Waals surface area contributed by atoms with Gasteiger partial charge in [-0.3, -0.25) is 4.90 Å². The number of amides is 1. The largest absolute Gasteiger partial charge is 0.465 e. The lowest BCUT2D eigenvalue weighted by Gasteiger charge is -2.37. The summed E-state index contributed by atoms with van der Waals surface area (Å²) in [5.41, 5.74) is 2.53. The third-order valence-electron chi connectivity index (χ3n) is 4.51. The average Bonchev–Trinajstić information content (AvgIpc) is 2.52. The number of fused-ring (bicyclic) bond motifs is 1. The molecule has 1 amide bonds. The van der Waals surface area contributed by atoms with Gasteiger partial charge in [0.2, 0.25) is 10.0 Å². The highest BCUT2D eigenvalue weighted by atomic mass is 35.5. The van der Waals surface area contributed by atoms with Crippen LogP contribution in [0.25, 0.3) is 0 Å². The van der Waals surface area contributed by atoms with Crippen molar-refractivity contribution in [3.8, 4) is 0 Å². The van der Waals surface area contributed by atoms with Gasteiger partial charge < -0.3 is 9.84 Å². The van der Waals surface area contributed by atoms with Crippen molar-refractivity contribution in [2.45, 2.75) is 19.0 Å². The maximum absolute atomic E-state index is 11.9. The number of ether oxygens (including phenoxy) is 1. The molecule has 9 heteroatoms. The minimum atomic E-state index is -3.32. The van der Waals surface area contributed by atoms with E-state index >= 15 is 0 Å². The van der Waals surface area contributed by atoms with Gasteiger partial charge in [0.15, 0.2) is 0 Å². The third kappa shape index (κ3) is 3.37. The van der Waals surface area contributed by atoms with E-state index in [4.69, 9.17) is 16.3 Å². The van der Waals surface area contributed by atoms with Gasteiger partial charge in [0.25, 0.3) is 0 Å². The number of hydrogen-bond acceptors (Lipinski definition) is 4. The second kappa shape index (κ2) is 6.51. The van der Waals surface area contributed by atoms with E-state index in [1.54, 1.807) is 6.07 Å². The summed E-state index contributed by atoms with van der Waals surface area (Å²) in [6.07, 6.45) is 0.713. The summed E-state index contributed by atoms with van der Waals surface area (Å²) in [4.78, 5) is 12.9. The van der Waals surface area contributed by atoms with Crippen LogP contribution in [0.5, 0.6) is 0 Å². The number of benzene rings is 1. The van der Waals surface area contributed by atoms with Gasteiger partial charge in [0.1, 0.15) is 0 Å². The standard InChI is InChI=1S/C15H19ClN2O5S/c1-24(21,22)17-3-2-10-6-11(16)7-12(13(10)8-17)14-9-23-5-4-18(14)15(19)20/h6-7,14H,2-5,8-9H2,1H3,(H,19,20)/t14-/m0/s1. The summed E-state index contributed by atoms with van der Waals surface area (Å²) in [7, 11) is -3.32. The average molecular weight is 375 g/mol. The normalized spacial score (nSPS) is 22.2. The number of carboxylic acid groups (broad SMARTS) is 1.